The van der Waals surface area contributed by atoms with Gasteiger partial charge in [0.05, 0.1) is 0 Å². The van der Waals surface area contributed by atoms with Crippen LogP contribution in [0.3, 0.4) is 0 Å². The number of aromatic amines is 1. The first-order valence-corrected chi connectivity index (χ1v) is 6.52. The zero-order valence-electron chi connectivity index (χ0n) is 9.45. The van der Waals surface area contributed by atoms with Crippen LogP contribution in [0.25, 0.3) is 0 Å². The molecule has 0 aliphatic heterocycles. The molecule has 1 aromatic heterocycles. The Morgan fingerprint density at radius 1 is 1.56 bits per heavy atom. The summed E-state index contributed by atoms with van der Waals surface area (Å²) in [5, 5.41) is 2.84. The number of aromatic nitrogens is 1. The van der Waals surface area contributed by atoms with Crippen LogP contribution in [0.15, 0.2) is 23.0 Å². The van der Waals surface area contributed by atoms with E-state index in [1.54, 1.807) is 23.9 Å². The Hall–Kier alpha value is -1.23. The number of hydrogen-bond acceptors (Lipinski definition) is 3. The van der Waals surface area contributed by atoms with E-state index in [1.807, 2.05) is 13.2 Å². The fourth-order valence-corrected chi connectivity index (χ4v) is 1.84. The molecule has 0 saturated carbocycles. The lowest BCUT2D eigenvalue weighted by atomic mass is 10.2. The Morgan fingerprint density at radius 3 is 2.94 bits per heavy atom. The fraction of sp³-hybridized carbons (Fsp3) is 0.455. The number of carbonyl (C=O) groups is 1. The molecule has 1 rings (SSSR count). The van der Waals surface area contributed by atoms with E-state index in [-0.39, 0.29) is 17.5 Å². The Labute approximate surface area is 98.8 Å². The van der Waals surface area contributed by atoms with Crippen LogP contribution in [-0.2, 0) is 0 Å². The SMILES string of the molecule is CSCCC(C)NC(=O)c1cccc(=O)[nH]1. The summed E-state index contributed by atoms with van der Waals surface area (Å²) < 4.78 is 0. The Kier molecular flexibility index (Phi) is 5.11. The van der Waals surface area contributed by atoms with Crippen LogP contribution in [0.4, 0.5) is 0 Å². The summed E-state index contributed by atoms with van der Waals surface area (Å²) in [6.45, 7) is 1.95. The molecule has 1 heterocycles. The Balaban J connectivity index is 2.55. The van der Waals surface area contributed by atoms with Crippen molar-refractivity contribution < 1.29 is 4.79 Å². The van der Waals surface area contributed by atoms with Crippen molar-refractivity contribution in [1.82, 2.24) is 10.3 Å². The van der Waals surface area contributed by atoms with Gasteiger partial charge in [0.2, 0.25) is 5.56 Å². The van der Waals surface area contributed by atoms with Gasteiger partial charge in [-0.05, 0) is 31.4 Å². The number of amides is 1. The van der Waals surface area contributed by atoms with Crippen molar-refractivity contribution in [3.63, 3.8) is 0 Å². The van der Waals surface area contributed by atoms with Crippen LogP contribution in [0.2, 0.25) is 0 Å². The number of H-pyrrole nitrogens is 1. The van der Waals surface area contributed by atoms with Crippen LogP contribution >= 0.6 is 11.8 Å². The molecule has 1 aromatic rings. The van der Waals surface area contributed by atoms with Gasteiger partial charge in [0, 0.05) is 12.1 Å². The third-order valence-electron chi connectivity index (χ3n) is 2.15. The predicted molar refractivity (Wildman–Crippen MR) is 67.0 cm³/mol. The molecule has 1 amide bonds. The summed E-state index contributed by atoms with van der Waals surface area (Å²) in [5.41, 5.74) is 0.0490. The molecular weight excluding hydrogens is 224 g/mol. The van der Waals surface area contributed by atoms with Gasteiger partial charge >= 0.3 is 0 Å². The Morgan fingerprint density at radius 2 is 2.31 bits per heavy atom. The first-order valence-electron chi connectivity index (χ1n) is 5.12. The highest BCUT2D eigenvalue weighted by molar-refractivity contribution is 7.98. The first-order chi connectivity index (χ1) is 7.63. The van der Waals surface area contributed by atoms with Gasteiger partial charge in [-0.15, -0.1) is 0 Å². The normalized spacial score (nSPS) is 12.1. The quantitative estimate of drug-likeness (QED) is 0.814. The molecule has 0 aliphatic rings. The molecule has 5 heteroatoms. The van der Waals surface area contributed by atoms with Crippen molar-refractivity contribution in [3.8, 4) is 0 Å². The lowest BCUT2D eigenvalue weighted by molar-refractivity contribution is 0.0934. The minimum atomic E-state index is -0.260. The van der Waals surface area contributed by atoms with Crippen molar-refractivity contribution >= 4 is 17.7 Å². The maximum atomic E-state index is 11.7. The maximum absolute atomic E-state index is 11.7. The second-order valence-corrected chi connectivity index (χ2v) is 4.57. The average molecular weight is 240 g/mol. The second-order valence-electron chi connectivity index (χ2n) is 3.58. The third-order valence-corrected chi connectivity index (χ3v) is 2.79. The van der Waals surface area contributed by atoms with Crippen LogP contribution < -0.4 is 10.9 Å². The van der Waals surface area contributed by atoms with Crippen molar-refractivity contribution in [1.29, 1.82) is 0 Å². The molecule has 1 atom stereocenters. The molecule has 2 N–H and O–H groups in total. The molecule has 0 aliphatic carbocycles. The predicted octanol–water partition coefficient (Wildman–Crippen LogP) is 1.25. The van der Waals surface area contributed by atoms with Crippen molar-refractivity contribution in [2.45, 2.75) is 19.4 Å². The molecule has 4 nitrogen and oxygen atoms in total. The number of rotatable bonds is 5. The molecule has 0 aromatic carbocycles. The second kappa shape index (κ2) is 6.37. The monoisotopic (exact) mass is 240 g/mol. The molecule has 0 radical (unpaired) electrons. The summed E-state index contributed by atoms with van der Waals surface area (Å²) in [4.78, 5) is 25.2. The van der Waals surface area contributed by atoms with E-state index in [0.717, 1.165) is 12.2 Å². The zero-order valence-corrected chi connectivity index (χ0v) is 10.3. The van der Waals surface area contributed by atoms with Crippen molar-refractivity contribution in [3.05, 3.63) is 34.2 Å². The lowest BCUT2D eigenvalue weighted by Gasteiger charge is -2.12. The highest BCUT2D eigenvalue weighted by Gasteiger charge is 2.09. The van der Waals surface area contributed by atoms with E-state index in [1.165, 1.54) is 6.07 Å². The van der Waals surface area contributed by atoms with E-state index in [9.17, 15) is 9.59 Å². The molecule has 0 spiro atoms. The van der Waals surface area contributed by atoms with Crippen LogP contribution in [-0.4, -0.2) is 28.9 Å². The number of carbonyl (C=O) groups excluding carboxylic acids is 1. The van der Waals surface area contributed by atoms with Crippen LogP contribution in [0.5, 0.6) is 0 Å². The number of hydrogen-bond donors (Lipinski definition) is 2. The largest absolute Gasteiger partial charge is 0.348 e. The maximum Gasteiger partial charge on any atom is 0.268 e. The summed E-state index contributed by atoms with van der Waals surface area (Å²) in [5.74, 6) is 0.776. The highest BCUT2D eigenvalue weighted by Crippen LogP contribution is 2.00. The lowest BCUT2D eigenvalue weighted by Crippen LogP contribution is -2.34. The van der Waals surface area contributed by atoms with Gasteiger partial charge in [-0.2, -0.15) is 11.8 Å². The fourth-order valence-electron chi connectivity index (χ4n) is 1.25. The van der Waals surface area contributed by atoms with E-state index in [4.69, 9.17) is 0 Å². The van der Waals surface area contributed by atoms with Gasteiger partial charge < -0.3 is 10.3 Å². The first kappa shape index (κ1) is 12.8. The van der Waals surface area contributed by atoms with Gasteiger partial charge in [0.1, 0.15) is 5.69 Å². The van der Waals surface area contributed by atoms with E-state index < -0.39 is 0 Å². The minimum absolute atomic E-state index is 0.114. The molecule has 0 saturated heterocycles. The zero-order chi connectivity index (χ0) is 12.0. The number of thioether (sulfide) groups is 1. The van der Waals surface area contributed by atoms with Gasteiger partial charge in [-0.1, -0.05) is 6.07 Å². The average Bonchev–Trinajstić information content (AvgIpc) is 2.26. The van der Waals surface area contributed by atoms with Gasteiger partial charge in [-0.3, -0.25) is 9.59 Å². The molecule has 0 fully saturated rings. The van der Waals surface area contributed by atoms with Crippen molar-refractivity contribution in [2.24, 2.45) is 0 Å². The molecule has 1 unspecified atom stereocenters. The summed E-state index contributed by atoms with van der Waals surface area (Å²) in [6, 6.07) is 4.66. The summed E-state index contributed by atoms with van der Waals surface area (Å²) in [6.07, 6.45) is 2.95. The molecule has 88 valence electrons. The van der Waals surface area contributed by atoms with Crippen molar-refractivity contribution in [2.75, 3.05) is 12.0 Å². The molecular formula is C11H16N2O2S. The van der Waals surface area contributed by atoms with E-state index >= 15 is 0 Å². The minimum Gasteiger partial charge on any atom is -0.348 e. The molecule has 16 heavy (non-hydrogen) atoms. The molecule has 0 bridgehead atoms. The number of pyridine rings is 1. The Bertz CT molecular complexity index is 403. The van der Waals surface area contributed by atoms with Crippen LogP contribution in [0, 0.1) is 0 Å². The van der Waals surface area contributed by atoms with Gasteiger partial charge in [0.25, 0.3) is 5.91 Å². The van der Waals surface area contributed by atoms with Gasteiger partial charge in [-0.25, -0.2) is 0 Å². The third kappa shape index (κ3) is 4.10. The van der Waals surface area contributed by atoms with E-state index in [0.29, 0.717) is 5.69 Å². The number of nitrogens with one attached hydrogen (secondary N) is 2. The van der Waals surface area contributed by atoms with Crippen LogP contribution in [0.1, 0.15) is 23.8 Å². The topological polar surface area (TPSA) is 62.0 Å². The highest BCUT2D eigenvalue weighted by atomic mass is 32.2. The summed E-state index contributed by atoms with van der Waals surface area (Å²) in [7, 11) is 0. The smallest absolute Gasteiger partial charge is 0.268 e. The van der Waals surface area contributed by atoms with E-state index in [2.05, 4.69) is 10.3 Å². The standard InChI is InChI=1S/C11H16N2O2S/c1-8(6-7-16-2)12-11(15)9-4-3-5-10(14)13-9/h3-5,8H,6-7H2,1-2H3,(H,12,15)(H,13,14). The summed E-state index contributed by atoms with van der Waals surface area (Å²) >= 11 is 1.75. The van der Waals surface area contributed by atoms with Gasteiger partial charge in [0.15, 0.2) is 0 Å².